The van der Waals surface area contributed by atoms with Crippen molar-refractivity contribution in [2.75, 3.05) is 26.2 Å². The van der Waals surface area contributed by atoms with E-state index in [-0.39, 0.29) is 18.6 Å². The Morgan fingerprint density at radius 1 is 1.17 bits per heavy atom. The maximum atomic E-state index is 12.8. The number of hydrogen-bond donors (Lipinski definition) is 2. The molecule has 1 aliphatic heterocycles. The molecule has 152 valence electrons. The number of nitrogens with one attached hydrogen (secondary N) is 2. The number of amides is 1. The molecule has 3 heterocycles. The third kappa shape index (κ3) is 3.60. The minimum absolute atomic E-state index is 0.0513. The second kappa shape index (κ2) is 7.91. The molecule has 0 spiro atoms. The Kier molecular flexibility index (Phi) is 4.81. The third-order valence-corrected chi connectivity index (χ3v) is 4.97. The molecule has 2 aromatic carbocycles. The van der Waals surface area contributed by atoms with E-state index in [0.717, 1.165) is 11.1 Å². The fourth-order valence-electron chi connectivity index (χ4n) is 3.44. The van der Waals surface area contributed by atoms with E-state index in [9.17, 15) is 4.79 Å². The number of carbonyl (C=O) groups excluding carboxylic acids is 1. The first-order valence-electron chi connectivity index (χ1n) is 9.60. The van der Waals surface area contributed by atoms with Crippen molar-refractivity contribution in [3.63, 3.8) is 0 Å². The summed E-state index contributed by atoms with van der Waals surface area (Å²) >= 11 is 0. The summed E-state index contributed by atoms with van der Waals surface area (Å²) in [5, 5.41) is 18.1. The highest BCUT2D eigenvalue weighted by molar-refractivity contribution is 5.79. The maximum absolute atomic E-state index is 12.8. The van der Waals surface area contributed by atoms with E-state index in [2.05, 4.69) is 30.9 Å². The van der Waals surface area contributed by atoms with Crippen LogP contribution in [0, 0.1) is 0 Å². The Hall–Kier alpha value is -3.79. The van der Waals surface area contributed by atoms with Gasteiger partial charge < -0.3 is 19.5 Å². The highest BCUT2D eigenvalue weighted by atomic mass is 16.5. The molecule has 5 rings (SSSR count). The average Bonchev–Trinajstić information content (AvgIpc) is 3.47. The van der Waals surface area contributed by atoms with Crippen molar-refractivity contribution < 1.29 is 14.1 Å². The zero-order valence-electron chi connectivity index (χ0n) is 16.0. The summed E-state index contributed by atoms with van der Waals surface area (Å²) in [5.41, 5.74) is 2.24. The van der Waals surface area contributed by atoms with E-state index in [1.54, 1.807) is 4.90 Å². The van der Waals surface area contributed by atoms with Crippen LogP contribution < -0.4 is 10.1 Å². The predicted molar refractivity (Wildman–Crippen MR) is 106 cm³/mol. The standard InChI is InChI=1S/C20H19N7O3/c28-18(12-29-14-4-2-1-3-5-14)27-9-8-21-11-17(27)20-22-19(25-30-20)13-6-7-15-16(10-13)24-26-23-15/h1-7,10,17,21H,8-9,11-12H2,(H,23,24,26). The van der Waals surface area contributed by atoms with Crippen LogP contribution >= 0.6 is 0 Å². The molecule has 0 aliphatic carbocycles. The van der Waals surface area contributed by atoms with Gasteiger partial charge in [0.25, 0.3) is 11.8 Å². The van der Waals surface area contributed by atoms with Gasteiger partial charge in [-0.1, -0.05) is 23.4 Å². The Balaban J connectivity index is 1.33. The molecule has 0 saturated carbocycles. The predicted octanol–water partition coefficient (Wildman–Crippen LogP) is 1.56. The average molecular weight is 405 g/mol. The van der Waals surface area contributed by atoms with Crippen LogP contribution in [0.3, 0.4) is 0 Å². The zero-order chi connectivity index (χ0) is 20.3. The van der Waals surface area contributed by atoms with Crippen LogP contribution in [-0.4, -0.2) is 62.6 Å². The Morgan fingerprint density at radius 2 is 2.03 bits per heavy atom. The molecule has 1 amide bonds. The van der Waals surface area contributed by atoms with E-state index in [1.807, 2.05) is 48.5 Å². The number of hydrogen-bond acceptors (Lipinski definition) is 8. The molecule has 2 aromatic heterocycles. The lowest BCUT2D eigenvalue weighted by Gasteiger charge is -2.33. The van der Waals surface area contributed by atoms with Gasteiger partial charge in [0.2, 0.25) is 5.82 Å². The van der Waals surface area contributed by atoms with Crippen LogP contribution in [0.2, 0.25) is 0 Å². The monoisotopic (exact) mass is 405 g/mol. The number of para-hydroxylation sites is 1. The molecule has 1 fully saturated rings. The summed E-state index contributed by atoms with van der Waals surface area (Å²) < 4.78 is 11.1. The maximum Gasteiger partial charge on any atom is 0.261 e. The van der Waals surface area contributed by atoms with Crippen molar-refractivity contribution in [3.05, 3.63) is 54.4 Å². The van der Waals surface area contributed by atoms with E-state index in [1.165, 1.54) is 0 Å². The van der Waals surface area contributed by atoms with Crippen LogP contribution in [0.1, 0.15) is 11.9 Å². The molecule has 1 saturated heterocycles. The van der Waals surface area contributed by atoms with Crippen molar-refractivity contribution in [2.45, 2.75) is 6.04 Å². The van der Waals surface area contributed by atoms with Gasteiger partial charge in [0.05, 0.1) is 0 Å². The van der Waals surface area contributed by atoms with Gasteiger partial charge in [0.1, 0.15) is 22.8 Å². The van der Waals surface area contributed by atoms with Gasteiger partial charge >= 0.3 is 0 Å². The number of benzene rings is 2. The van der Waals surface area contributed by atoms with E-state index >= 15 is 0 Å². The van der Waals surface area contributed by atoms with Crippen LogP contribution in [0.5, 0.6) is 5.75 Å². The molecule has 10 heteroatoms. The topological polar surface area (TPSA) is 122 Å². The zero-order valence-corrected chi connectivity index (χ0v) is 16.0. The highest BCUT2D eigenvalue weighted by Gasteiger charge is 2.32. The lowest BCUT2D eigenvalue weighted by Crippen LogP contribution is -2.50. The SMILES string of the molecule is O=C(COc1ccccc1)N1CCNCC1c1nc(-c2ccc3n[nH]nc3c2)no1. The fraction of sp³-hybridized carbons (Fsp3) is 0.250. The quantitative estimate of drug-likeness (QED) is 0.513. The van der Waals surface area contributed by atoms with Crippen molar-refractivity contribution in [2.24, 2.45) is 0 Å². The van der Waals surface area contributed by atoms with Gasteiger partial charge in [-0.3, -0.25) is 4.79 Å². The van der Waals surface area contributed by atoms with Gasteiger partial charge in [0, 0.05) is 25.2 Å². The first kappa shape index (κ1) is 18.3. The van der Waals surface area contributed by atoms with E-state index in [0.29, 0.717) is 42.6 Å². The normalized spacial score (nSPS) is 16.7. The summed E-state index contributed by atoms with van der Waals surface area (Å²) in [6.07, 6.45) is 0. The van der Waals surface area contributed by atoms with Crippen molar-refractivity contribution in [3.8, 4) is 17.1 Å². The molecule has 1 unspecified atom stereocenters. The summed E-state index contributed by atoms with van der Waals surface area (Å²) in [5.74, 6) is 1.34. The van der Waals surface area contributed by atoms with Gasteiger partial charge in [-0.2, -0.15) is 20.4 Å². The van der Waals surface area contributed by atoms with Crippen LogP contribution in [0.25, 0.3) is 22.4 Å². The Bertz CT molecular complexity index is 1160. The van der Waals surface area contributed by atoms with Crippen LogP contribution in [0.15, 0.2) is 53.1 Å². The molecule has 10 nitrogen and oxygen atoms in total. The number of rotatable bonds is 5. The molecule has 1 atom stereocenters. The van der Waals surface area contributed by atoms with E-state index < -0.39 is 0 Å². The number of ether oxygens (including phenoxy) is 1. The third-order valence-electron chi connectivity index (χ3n) is 4.97. The second-order valence-corrected chi connectivity index (χ2v) is 6.89. The fourth-order valence-corrected chi connectivity index (χ4v) is 3.44. The minimum atomic E-state index is -0.359. The number of H-pyrrole nitrogens is 1. The lowest BCUT2D eigenvalue weighted by molar-refractivity contribution is -0.137. The van der Waals surface area contributed by atoms with E-state index in [4.69, 9.17) is 9.26 Å². The molecular weight excluding hydrogens is 386 g/mol. The van der Waals surface area contributed by atoms with Crippen molar-refractivity contribution >= 4 is 16.9 Å². The largest absolute Gasteiger partial charge is 0.484 e. The summed E-state index contributed by atoms with van der Waals surface area (Å²) in [7, 11) is 0. The molecule has 2 N–H and O–H groups in total. The summed E-state index contributed by atoms with van der Waals surface area (Å²) in [6, 6.07) is 14.4. The molecular formula is C20H19N7O3. The summed E-state index contributed by atoms with van der Waals surface area (Å²) in [6.45, 7) is 1.70. The number of piperazine rings is 1. The highest BCUT2D eigenvalue weighted by Crippen LogP contribution is 2.25. The van der Waals surface area contributed by atoms with Crippen LogP contribution in [-0.2, 0) is 4.79 Å². The molecule has 1 aliphatic rings. The van der Waals surface area contributed by atoms with Gasteiger partial charge in [0.15, 0.2) is 6.61 Å². The molecule has 0 radical (unpaired) electrons. The van der Waals surface area contributed by atoms with Crippen molar-refractivity contribution in [1.82, 2.24) is 35.8 Å². The van der Waals surface area contributed by atoms with Crippen LogP contribution in [0.4, 0.5) is 0 Å². The Morgan fingerprint density at radius 3 is 2.93 bits per heavy atom. The molecule has 30 heavy (non-hydrogen) atoms. The van der Waals surface area contributed by atoms with Gasteiger partial charge in [-0.05, 0) is 30.3 Å². The second-order valence-electron chi connectivity index (χ2n) is 6.89. The first-order valence-corrected chi connectivity index (χ1v) is 9.60. The van der Waals surface area contributed by atoms with Gasteiger partial charge in [-0.25, -0.2) is 0 Å². The minimum Gasteiger partial charge on any atom is -0.484 e. The molecule has 4 aromatic rings. The number of aromatic amines is 1. The van der Waals surface area contributed by atoms with Crippen molar-refractivity contribution in [1.29, 1.82) is 0 Å². The smallest absolute Gasteiger partial charge is 0.261 e. The first-order chi connectivity index (χ1) is 14.8. The van der Waals surface area contributed by atoms with Gasteiger partial charge in [-0.15, -0.1) is 0 Å². The number of nitrogens with zero attached hydrogens (tertiary/aromatic N) is 5. The number of carbonyl (C=O) groups is 1. The number of fused-ring (bicyclic) bond motifs is 1. The number of aromatic nitrogens is 5. The molecule has 0 bridgehead atoms. The Labute approximate surface area is 171 Å². The summed E-state index contributed by atoms with van der Waals surface area (Å²) in [4.78, 5) is 19.1. The lowest BCUT2D eigenvalue weighted by atomic mass is 10.1.